The summed E-state index contributed by atoms with van der Waals surface area (Å²) < 4.78 is 0. The Bertz CT molecular complexity index is 308. The van der Waals surface area contributed by atoms with Crippen LogP contribution in [0.15, 0.2) is 24.3 Å². The predicted octanol–water partition coefficient (Wildman–Crippen LogP) is 1.25. The SMILES string of the molecule is CN1c2ccccc2C[C@H]1C=O. The highest BCUT2D eigenvalue weighted by Crippen LogP contribution is 2.29. The van der Waals surface area contributed by atoms with Crippen LogP contribution in [0, 0.1) is 0 Å². The summed E-state index contributed by atoms with van der Waals surface area (Å²) in [7, 11) is 1.96. The maximum Gasteiger partial charge on any atom is 0.142 e. The highest BCUT2D eigenvalue weighted by molar-refractivity contribution is 5.72. The Morgan fingerprint density at radius 1 is 1.50 bits per heavy atom. The van der Waals surface area contributed by atoms with Crippen molar-refractivity contribution in [3.05, 3.63) is 29.8 Å². The molecule has 0 spiro atoms. The van der Waals surface area contributed by atoms with E-state index in [1.807, 2.05) is 24.1 Å². The molecule has 0 aliphatic carbocycles. The Morgan fingerprint density at radius 3 is 2.92 bits per heavy atom. The van der Waals surface area contributed by atoms with Crippen LogP contribution in [0.5, 0.6) is 0 Å². The Morgan fingerprint density at radius 2 is 2.25 bits per heavy atom. The fraction of sp³-hybridized carbons (Fsp3) is 0.300. The van der Waals surface area contributed by atoms with Gasteiger partial charge in [-0.25, -0.2) is 0 Å². The molecule has 1 aliphatic rings. The average Bonchev–Trinajstić information content (AvgIpc) is 2.44. The van der Waals surface area contributed by atoms with Gasteiger partial charge in [-0.1, -0.05) is 18.2 Å². The van der Waals surface area contributed by atoms with Crippen LogP contribution in [-0.2, 0) is 11.2 Å². The van der Waals surface area contributed by atoms with Gasteiger partial charge in [-0.3, -0.25) is 0 Å². The summed E-state index contributed by atoms with van der Waals surface area (Å²) in [4.78, 5) is 12.7. The maximum absolute atomic E-state index is 10.6. The lowest BCUT2D eigenvalue weighted by molar-refractivity contribution is -0.108. The molecular weight excluding hydrogens is 150 g/mol. The van der Waals surface area contributed by atoms with Crippen LogP contribution < -0.4 is 4.90 Å². The van der Waals surface area contributed by atoms with Crippen molar-refractivity contribution >= 4 is 12.0 Å². The number of hydrogen-bond acceptors (Lipinski definition) is 2. The number of nitrogens with zero attached hydrogens (tertiary/aromatic N) is 1. The molecule has 1 aromatic carbocycles. The number of carbonyl (C=O) groups is 1. The van der Waals surface area contributed by atoms with E-state index in [0.29, 0.717) is 0 Å². The van der Waals surface area contributed by atoms with E-state index >= 15 is 0 Å². The van der Waals surface area contributed by atoms with Crippen molar-refractivity contribution in [2.24, 2.45) is 0 Å². The molecule has 1 heterocycles. The van der Waals surface area contributed by atoms with Crippen LogP contribution in [-0.4, -0.2) is 19.4 Å². The van der Waals surface area contributed by atoms with Gasteiger partial charge in [0.1, 0.15) is 6.29 Å². The lowest BCUT2D eigenvalue weighted by Gasteiger charge is -2.16. The van der Waals surface area contributed by atoms with E-state index < -0.39 is 0 Å². The summed E-state index contributed by atoms with van der Waals surface area (Å²) in [5, 5.41) is 0. The third kappa shape index (κ3) is 0.916. The fourth-order valence-electron chi connectivity index (χ4n) is 1.71. The fourth-order valence-corrected chi connectivity index (χ4v) is 1.71. The number of benzene rings is 1. The highest BCUT2D eigenvalue weighted by atomic mass is 16.1. The highest BCUT2D eigenvalue weighted by Gasteiger charge is 2.24. The Kier molecular flexibility index (Phi) is 1.61. The molecule has 0 saturated heterocycles. The van der Waals surface area contributed by atoms with Gasteiger partial charge in [-0.05, 0) is 11.6 Å². The topological polar surface area (TPSA) is 20.3 Å². The number of para-hydroxylation sites is 1. The number of rotatable bonds is 1. The van der Waals surface area contributed by atoms with Gasteiger partial charge in [0.05, 0.1) is 6.04 Å². The molecule has 0 aromatic heterocycles. The number of aldehydes is 1. The molecule has 1 aromatic rings. The van der Waals surface area contributed by atoms with E-state index in [1.165, 1.54) is 11.3 Å². The second-order valence-electron chi connectivity index (χ2n) is 3.15. The first kappa shape index (κ1) is 7.35. The Labute approximate surface area is 71.8 Å². The zero-order valence-corrected chi connectivity index (χ0v) is 7.03. The number of fused-ring (bicyclic) bond motifs is 1. The van der Waals surface area contributed by atoms with Crippen LogP contribution in [0.4, 0.5) is 5.69 Å². The number of anilines is 1. The standard InChI is InChI=1S/C10H11NO/c1-11-9(7-12)6-8-4-2-3-5-10(8)11/h2-5,7,9H,6H2,1H3/t9-/m0/s1. The molecular formula is C10H11NO. The molecule has 62 valence electrons. The van der Waals surface area contributed by atoms with Crippen molar-refractivity contribution in [1.82, 2.24) is 0 Å². The minimum atomic E-state index is 0.0439. The Hall–Kier alpha value is -1.31. The third-order valence-corrected chi connectivity index (χ3v) is 2.46. The molecule has 2 heteroatoms. The van der Waals surface area contributed by atoms with Crippen molar-refractivity contribution in [3.63, 3.8) is 0 Å². The number of carbonyl (C=O) groups excluding carboxylic acids is 1. The molecule has 1 atom stereocenters. The maximum atomic E-state index is 10.6. The van der Waals surface area contributed by atoms with Gasteiger partial charge in [0.25, 0.3) is 0 Å². The average molecular weight is 161 g/mol. The molecule has 12 heavy (non-hydrogen) atoms. The first-order valence-corrected chi connectivity index (χ1v) is 4.09. The molecule has 0 unspecified atom stereocenters. The predicted molar refractivity (Wildman–Crippen MR) is 48.4 cm³/mol. The van der Waals surface area contributed by atoms with Gasteiger partial charge in [0, 0.05) is 19.2 Å². The summed E-state index contributed by atoms with van der Waals surface area (Å²) in [6, 6.07) is 8.19. The summed E-state index contributed by atoms with van der Waals surface area (Å²) in [6.45, 7) is 0. The smallest absolute Gasteiger partial charge is 0.142 e. The van der Waals surface area contributed by atoms with Crippen molar-refractivity contribution in [2.75, 3.05) is 11.9 Å². The molecule has 0 bridgehead atoms. The van der Waals surface area contributed by atoms with Gasteiger partial charge in [0.2, 0.25) is 0 Å². The largest absolute Gasteiger partial charge is 0.364 e. The number of likely N-dealkylation sites (N-methyl/N-ethyl adjacent to an activating group) is 1. The van der Waals surface area contributed by atoms with Gasteiger partial charge < -0.3 is 9.69 Å². The van der Waals surface area contributed by atoms with Crippen LogP contribution in [0.1, 0.15) is 5.56 Å². The van der Waals surface area contributed by atoms with E-state index in [4.69, 9.17) is 0 Å². The molecule has 0 radical (unpaired) electrons. The van der Waals surface area contributed by atoms with Crippen molar-refractivity contribution < 1.29 is 4.79 Å². The van der Waals surface area contributed by atoms with Gasteiger partial charge in [-0.2, -0.15) is 0 Å². The zero-order chi connectivity index (χ0) is 8.55. The number of hydrogen-bond donors (Lipinski definition) is 0. The monoisotopic (exact) mass is 161 g/mol. The molecule has 0 saturated carbocycles. The van der Waals surface area contributed by atoms with Crippen LogP contribution in [0.2, 0.25) is 0 Å². The first-order chi connectivity index (χ1) is 5.83. The van der Waals surface area contributed by atoms with Crippen molar-refractivity contribution in [2.45, 2.75) is 12.5 Å². The van der Waals surface area contributed by atoms with E-state index in [1.54, 1.807) is 0 Å². The normalized spacial score (nSPS) is 20.8. The minimum absolute atomic E-state index is 0.0439. The van der Waals surface area contributed by atoms with Crippen LogP contribution in [0.3, 0.4) is 0 Å². The minimum Gasteiger partial charge on any atom is -0.364 e. The van der Waals surface area contributed by atoms with Gasteiger partial charge >= 0.3 is 0 Å². The second-order valence-corrected chi connectivity index (χ2v) is 3.15. The third-order valence-electron chi connectivity index (χ3n) is 2.46. The zero-order valence-electron chi connectivity index (χ0n) is 7.03. The van der Waals surface area contributed by atoms with Crippen LogP contribution in [0.25, 0.3) is 0 Å². The van der Waals surface area contributed by atoms with Gasteiger partial charge in [0.15, 0.2) is 0 Å². The summed E-state index contributed by atoms with van der Waals surface area (Å²) >= 11 is 0. The van der Waals surface area contributed by atoms with Crippen LogP contribution >= 0.6 is 0 Å². The van der Waals surface area contributed by atoms with E-state index in [2.05, 4.69) is 12.1 Å². The molecule has 0 N–H and O–H groups in total. The lowest BCUT2D eigenvalue weighted by Crippen LogP contribution is -2.28. The summed E-state index contributed by atoms with van der Waals surface area (Å²) in [6.07, 6.45) is 1.87. The quantitative estimate of drug-likeness (QED) is 0.578. The molecule has 2 rings (SSSR count). The molecule has 0 fully saturated rings. The molecule has 1 aliphatic heterocycles. The summed E-state index contributed by atoms with van der Waals surface area (Å²) in [5.74, 6) is 0. The molecule has 0 amide bonds. The Balaban J connectivity index is 2.41. The van der Waals surface area contributed by atoms with E-state index in [9.17, 15) is 4.79 Å². The van der Waals surface area contributed by atoms with E-state index in [0.717, 1.165) is 12.7 Å². The second kappa shape index (κ2) is 2.63. The lowest BCUT2D eigenvalue weighted by atomic mass is 10.1. The molecule has 2 nitrogen and oxygen atoms in total. The van der Waals surface area contributed by atoms with Crippen molar-refractivity contribution in [1.29, 1.82) is 0 Å². The van der Waals surface area contributed by atoms with Gasteiger partial charge in [-0.15, -0.1) is 0 Å². The van der Waals surface area contributed by atoms with E-state index in [-0.39, 0.29) is 6.04 Å². The first-order valence-electron chi connectivity index (χ1n) is 4.09. The summed E-state index contributed by atoms with van der Waals surface area (Å²) in [5.41, 5.74) is 2.46. The van der Waals surface area contributed by atoms with Crippen molar-refractivity contribution in [3.8, 4) is 0 Å².